The summed E-state index contributed by atoms with van der Waals surface area (Å²) in [4.78, 5) is 31.8. The number of para-hydroxylation sites is 2. The van der Waals surface area contributed by atoms with Gasteiger partial charge >= 0.3 is 0 Å². The highest BCUT2D eigenvalue weighted by Gasteiger charge is 2.59. The van der Waals surface area contributed by atoms with Gasteiger partial charge in [-0.05, 0) is 60.5 Å². The molecule has 2 heterocycles. The van der Waals surface area contributed by atoms with Crippen LogP contribution >= 0.6 is 47.8 Å². The molecule has 6 rings (SSSR count). The standard InChI is InChI=1S/C33H27Br3N2O2/c34-25-11-5-22(6-12-25)31(39)17-19-37-20-18-33(24-9-15-27(36)16-10-24)28(32(40)23-7-13-26(35)14-8-23)21-38(33)30-4-2-1-3-29(30)37/h1-16,28H,17-21H2/t28-,33+/m0/s1. The van der Waals surface area contributed by atoms with Crippen molar-refractivity contribution < 1.29 is 9.59 Å². The Kier molecular flexibility index (Phi) is 7.73. The smallest absolute Gasteiger partial charge is 0.170 e. The van der Waals surface area contributed by atoms with Crippen LogP contribution in [0.4, 0.5) is 11.4 Å². The molecule has 0 unspecified atom stereocenters. The van der Waals surface area contributed by atoms with Crippen LogP contribution in [0, 0.1) is 5.92 Å². The molecule has 0 aromatic heterocycles. The summed E-state index contributed by atoms with van der Waals surface area (Å²) in [6.45, 7) is 2.00. The lowest BCUT2D eigenvalue weighted by Gasteiger charge is -2.59. The molecule has 0 N–H and O–H groups in total. The molecule has 2 atom stereocenters. The largest absolute Gasteiger partial charge is 0.369 e. The maximum atomic E-state index is 14.0. The molecule has 1 fully saturated rings. The first-order chi connectivity index (χ1) is 19.4. The lowest BCUT2D eigenvalue weighted by molar-refractivity contribution is 0.0706. The predicted octanol–water partition coefficient (Wildman–Crippen LogP) is 8.67. The van der Waals surface area contributed by atoms with E-state index < -0.39 is 5.54 Å². The van der Waals surface area contributed by atoms with Crippen molar-refractivity contribution in [2.45, 2.75) is 18.4 Å². The van der Waals surface area contributed by atoms with Crippen molar-refractivity contribution in [1.82, 2.24) is 0 Å². The van der Waals surface area contributed by atoms with E-state index in [1.807, 2.05) is 48.5 Å². The van der Waals surface area contributed by atoms with Gasteiger partial charge in [0.2, 0.25) is 0 Å². The van der Waals surface area contributed by atoms with Crippen LogP contribution in [0.25, 0.3) is 0 Å². The number of hydrogen-bond acceptors (Lipinski definition) is 4. The number of anilines is 2. The first-order valence-corrected chi connectivity index (χ1v) is 15.7. The Morgan fingerprint density at radius 3 is 1.90 bits per heavy atom. The van der Waals surface area contributed by atoms with Crippen molar-refractivity contribution in [1.29, 1.82) is 0 Å². The number of hydrogen-bond donors (Lipinski definition) is 0. The molecule has 7 heteroatoms. The van der Waals surface area contributed by atoms with E-state index >= 15 is 0 Å². The van der Waals surface area contributed by atoms with E-state index in [1.165, 1.54) is 0 Å². The number of Topliss-reactive ketones (excluding diaryl/α,β-unsaturated/α-hetero) is 2. The van der Waals surface area contributed by atoms with Gasteiger partial charge in [-0.15, -0.1) is 0 Å². The van der Waals surface area contributed by atoms with Crippen LogP contribution in [-0.4, -0.2) is 31.2 Å². The number of carbonyl (C=O) groups is 2. The third-order valence-corrected chi connectivity index (χ3v) is 9.85. The third-order valence-electron chi connectivity index (χ3n) is 8.26. The highest BCUT2D eigenvalue weighted by atomic mass is 79.9. The Balaban J connectivity index is 1.35. The summed E-state index contributed by atoms with van der Waals surface area (Å²) in [6.07, 6.45) is 1.19. The Morgan fingerprint density at radius 1 is 0.725 bits per heavy atom. The molecule has 40 heavy (non-hydrogen) atoms. The van der Waals surface area contributed by atoms with Crippen LogP contribution < -0.4 is 9.80 Å². The molecule has 0 saturated carbocycles. The monoisotopic (exact) mass is 720 g/mol. The molecular formula is C33H27Br3N2O2. The van der Waals surface area contributed by atoms with Gasteiger partial charge in [-0.3, -0.25) is 9.59 Å². The summed E-state index contributed by atoms with van der Waals surface area (Å²) in [7, 11) is 0. The average molecular weight is 723 g/mol. The van der Waals surface area contributed by atoms with Crippen LogP contribution in [-0.2, 0) is 5.54 Å². The SMILES string of the molecule is O=C(CCN1CC[C@@]2(c3ccc(Br)cc3)[C@H](C(=O)c3ccc(Br)cc3)CN2c2ccccc21)c1ccc(Br)cc1. The zero-order valence-corrected chi connectivity index (χ0v) is 26.5. The van der Waals surface area contributed by atoms with Gasteiger partial charge in [0.15, 0.2) is 11.6 Å². The van der Waals surface area contributed by atoms with E-state index in [9.17, 15) is 9.59 Å². The molecule has 0 bridgehead atoms. The summed E-state index contributed by atoms with van der Waals surface area (Å²) in [6, 6.07) is 32.1. The van der Waals surface area contributed by atoms with Crippen molar-refractivity contribution in [3.63, 3.8) is 0 Å². The molecular weight excluding hydrogens is 696 g/mol. The van der Waals surface area contributed by atoms with Crippen molar-refractivity contribution in [2.24, 2.45) is 5.92 Å². The number of carbonyl (C=O) groups excluding carboxylic acids is 2. The Hall–Kier alpha value is -2.74. The summed E-state index contributed by atoms with van der Waals surface area (Å²) >= 11 is 10.5. The molecule has 202 valence electrons. The van der Waals surface area contributed by atoms with Gasteiger partial charge in [0, 0.05) is 50.6 Å². The lowest BCUT2D eigenvalue weighted by Crippen LogP contribution is -2.67. The van der Waals surface area contributed by atoms with E-state index in [4.69, 9.17) is 0 Å². The van der Waals surface area contributed by atoms with Gasteiger partial charge in [0.05, 0.1) is 22.8 Å². The van der Waals surface area contributed by atoms with Crippen LogP contribution in [0.15, 0.2) is 110 Å². The zero-order chi connectivity index (χ0) is 27.9. The second-order valence-corrected chi connectivity index (χ2v) is 13.1. The summed E-state index contributed by atoms with van der Waals surface area (Å²) < 4.78 is 2.93. The lowest BCUT2D eigenvalue weighted by atomic mass is 9.64. The number of benzene rings is 4. The van der Waals surface area contributed by atoms with Crippen LogP contribution in [0.1, 0.15) is 39.1 Å². The summed E-state index contributed by atoms with van der Waals surface area (Å²) in [5, 5.41) is 0. The molecule has 4 aromatic rings. The number of rotatable bonds is 7. The topological polar surface area (TPSA) is 40.6 Å². The maximum absolute atomic E-state index is 14.0. The quantitative estimate of drug-likeness (QED) is 0.179. The first kappa shape index (κ1) is 27.4. The predicted molar refractivity (Wildman–Crippen MR) is 171 cm³/mol. The highest BCUT2D eigenvalue weighted by Crippen LogP contribution is 2.55. The highest BCUT2D eigenvalue weighted by molar-refractivity contribution is 9.11. The van der Waals surface area contributed by atoms with Crippen molar-refractivity contribution in [3.8, 4) is 0 Å². The minimum atomic E-state index is -0.481. The van der Waals surface area contributed by atoms with Crippen molar-refractivity contribution in [2.75, 3.05) is 29.4 Å². The second-order valence-electron chi connectivity index (χ2n) is 10.4. The van der Waals surface area contributed by atoms with Crippen molar-refractivity contribution >= 4 is 70.7 Å². The van der Waals surface area contributed by atoms with Gasteiger partial charge in [0.25, 0.3) is 0 Å². The van der Waals surface area contributed by atoms with Crippen molar-refractivity contribution in [3.05, 3.63) is 127 Å². The minimum Gasteiger partial charge on any atom is -0.369 e. The number of ketones is 2. The molecule has 0 spiro atoms. The minimum absolute atomic E-state index is 0.128. The Labute approximate surface area is 259 Å². The van der Waals surface area contributed by atoms with Crippen LogP contribution in [0.2, 0.25) is 0 Å². The average Bonchev–Trinajstić information content (AvgIpc) is 3.05. The second kappa shape index (κ2) is 11.3. The van der Waals surface area contributed by atoms with Crippen LogP contribution in [0.3, 0.4) is 0 Å². The first-order valence-electron chi connectivity index (χ1n) is 13.3. The van der Waals surface area contributed by atoms with Gasteiger partial charge in [-0.25, -0.2) is 0 Å². The van der Waals surface area contributed by atoms with Crippen LogP contribution in [0.5, 0.6) is 0 Å². The van der Waals surface area contributed by atoms with E-state index in [-0.39, 0.29) is 17.5 Å². The molecule has 2 aliphatic heterocycles. The summed E-state index contributed by atoms with van der Waals surface area (Å²) in [5.41, 5.74) is 4.34. The third kappa shape index (κ3) is 4.97. The van der Waals surface area contributed by atoms with Gasteiger partial charge < -0.3 is 9.80 Å². The number of nitrogens with zero attached hydrogens (tertiary/aromatic N) is 2. The normalized spacial score (nSPS) is 19.7. The fraction of sp³-hybridized carbons (Fsp3) is 0.212. The number of halogens is 3. The van der Waals surface area contributed by atoms with Gasteiger partial charge in [-0.2, -0.15) is 0 Å². The molecule has 0 radical (unpaired) electrons. The fourth-order valence-corrected chi connectivity index (χ4v) is 6.98. The molecule has 0 aliphatic carbocycles. The van der Waals surface area contributed by atoms with E-state index in [0.717, 1.165) is 54.4 Å². The maximum Gasteiger partial charge on any atom is 0.170 e. The van der Waals surface area contributed by atoms with Gasteiger partial charge in [0.1, 0.15) is 0 Å². The zero-order valence-electron chi connectivity index (χ0n) is 21.7. The Morgan fingerprint density at radius 2 is 1.27 bits per heavy atom. The molecule has 0 amide bonds. The van der Waals surface area contributed by atoms with E-state index in [2.05, 4.69) is 106 Å². The number of fused-ring (bicyclic) bond motifs is 3. The van der Waals surface area contributed by atoms with E-state index in [0.29, 0.717) is 19.5 Å². The summed E-state index contributed by atoms with van der Waals surface area (Å²) in [5.74, 6) is 0.110. The fourth-order valence-electron chi connectivity index (χ4n) is 6.18. The molecule has 4 aromatic carbocycles. The molecule has 2 aliphatic rings. The van der Waals surface area contributed by atoms with E-state index in [1.54, 1.807) is 0 Å². The Bertz CT molecular complexity index is 1550. The molecule has 1 saturated heterocycles. The van der Waals surface area contributed by atoms with Gasteiger partial charge in [-0.1, -0.05) is 96.3 Å². The molecule has 4 nitrogen and oxygen atoms in total.